The van der Waals surface area contributed by atoms with Gasteiger partial charge in [-0.1, -0.05) is 30.3 Å². The van der Waals surface area contributed by atoms with Gasteiger partial charge in [0.15, 0.2) is 0 Å². The Balaban J connectivity index is 1.86. The molecular formula is C18H24N2O6. The number of ether oxygens (including phenoxy) is 2. The third kappa shape index (κ3) is 5.19. The smallest absolute Gasteiger partial charge is 0.410 e. The highest BCUT2D eigenvalue weighted by Crippen LogP contribution is 2.15. The molecule has 1 aliphatic rings. The minimum Gasteiger partial charge on any atom is -0.469 e. The largest absolute Gasteiger partial charge is 0.469 e. The summed E-state index contributed by atoms with van der Waals surface area (Å²) in [5.74, 6) is -0.835. The Bertz CT molecular complexity index is 636. The van der Waals surface area contributed by atoms with Crippen molar-refractivity contribution in [2.45, 2.75) is 32.1 Å². The van der Waals surface area contributed by atoms with Crippen LogP contribution in [0.3, 0.4) is 0 Å². The zero-order valence-electron chi connectivity index (χ0n) is 15.0. The van der Waals surface area contributed by atoms with E-state index in [9.17, 15) is 19.5 Å². The summed E-state index contributed by atoms with van der Waals surface area (Å²) in [5.41, 5.74) is 0.865. The molecule has 0 spiro atoms. The molecule has 8 heteroatoms. The van der Waals surface area contributed by atoms with Crippen LogP contribution in [0.4, 0.5) is 4.79 Å². The van der Waals surface area contributed by atoms with E-state index in [1.165, 1.54) is 16.9 Å². The second-order valence-electron chi connectivity index (χ2n) is 6.13. The van der Waals surface area contributed by atoms with Crippen LogP contribution in [0.25, 0.3) is 0 Å². The Hall–Kier alpha value is -2.61. The van der Waals surface area contributed by atoms with Crippen LogP contribution in [0.2, 0.25) is 0 Å². The monoisotopic (exact) mass is 364 g/mol. The van der Waals surface area contributed by atoms with Crippen LogP contribution in [-0.2, 0) is 25.7 Å². The third-order valence-electron chi connectivity index (χ3n) is 4.25. The Kier molecular flexibility index (Phi) is 6.97. The first kappa shape index (κ1) is 19.7. The van der Waals surface area contributed by atoms with Crippen molar-refractivity contribution < 1.29 is 29.0 Å². The Morgan fingerprint density at radius 3 is 2.62 bits per heavy atom. The molecule has 142 valence electrons. The van der Waals surface area contributed by atoms with Gasteiger partial charge in [-0.15, -0.1) is 0 Å². The van der Waals surface area contributed by atoms with Crippen molar-refractivity contribution in [3.8, 4) is 0 Å². The lowest BCUT2D eigenvalue weighted by Crippen LogP contribution is -2.58. The van der Waals surface area contributed by atoms with Gasteiger partial charge in [-0.25, -0.2) is 4.79 Å². The number of methoxy groups -OCH3 is 1. The van der Waals surface area contributed by atoms with Crippen molar-refractivity contribution in [3.05, 3.63) is 35.9 Å². The number of piperazine rings is 1. The summed E-state index contributed by atoms with van der Waals surface area (Å²) >= 11 is 0. The van der Waals surface area contributed by atoms with Gasteiger partial charge < -0.3 is 19.5 Å². The van der Waals surface area contributed by atoms with Crippen LogP contribution in [-0.4, -0.2) is 71.8 Å². The number of nitrogens with zero attached hydrogens (tertiary/aromatic N) is 2. The SMILES string of the molecule is COC(=O)CC(O)CN1CCN(C(=O)OCc2ccccc2)[C@@H](C)C1=O. The van der Waals surface area contributed by atoms with E-state index >= 15 is 0 Å². The maximum absolute atomic E-state index is 12.5. The topological polar surface area (TPSA) is 96.4 Å². The molecule has 2 rings (SSSR count). The molecule has 1 aliphatic heterocycles. The van der Waals surface area contributed by atoms with Gasteiger partial charge in [-0.05, 0) is 12.5 Å². The molecule has 0 aliphatic carbocycles. The molecule has 1 N–H and O–H groups in total. The number of hydrogen-bond donors (Lipinski definition) is 1. The van der Waals surface area contributed by atoms with Gasteiger partial charge in [-0.3, -0.25) is 14.5 Å². The molecule has 1 saturated heterocycles. The van der Waals surface area contributed by atoms with Gasteiger partial charge in [0.25, 0.3) is 0 Å². The lowest BCUT2D eigenvalue weighted by molar-refractivity contribution is -0.146. The average Bonchev–Trinajstić information content (AvgIpc) is 2.64. The number of carbonyl (C=O) groups is 3. The molecule has 0 bridgehead atoms. The molecule has 1 heterocycles. The molecule has 1 fully saturated rings. The number of β-amino-alcohol motifs (C(OH)–C–C–N with tert-alkyl or cyclic N) is 1. The summed E-state index contributed by atoms with van der Waals surface area (Å²) < 4.78 is 9.77. The van der Waals surface area contributed by atoms with Crippen LogP contribution in [0.1, 0.15) is 18.9 Å². The minimum absolute atomic E-state index is 0.0190. The zero-order chi connectivity index (χ0) is 19.1. The number of aliphatic hydroxyl groups excluding tert-OH is 1. The van der Waals surface area contributed by atoms with Crippen molar-refractivity contribution in [3.63, 3.8) is 0 Å². The molecule has 0 saturated carbocycles. The van der Waals surface area contributed by atoms with Crippen molar-refractivity contribution in [2.75, 3.05) is 26.7 Å². The zero-order valence-corrected chi connectivity index (χ0v) is 15.0. The summed E-state index contributed by atoms with van der Waals surface area (Å²) in [4.78, 5) is 38.7. The van der Waals surface area contributed by atoms with Gasteiger partial charge in [0.1, 0.15) is 12.6 Å². The Morgan fingerprint density at radius 1 is 1.27 bits per heavy atom. The molecule has 0 aromatic heterocycles. The van der Waals surface area contributed by atoms with Gasteiger partial charge in [-0.2, -0.15) is 0 Å². The second kappa shape index (κ2) is 9.19. The number of hydrogen-bond acceptors (Lipinski definition) is 6. The Morgan fingerprint density at radius 2 is 1.96 bits per heavy atom. The van der Waals surface area contributed by atoms with Crippen LogP contribution >= 0.6 is 0 Å². The molecule has 2 atom stereocenters. The van der Waals surface area contributed by atoms with Crippen molar-refractivity contribution in [1.29, 1.82) is 0 Å². The van der Waals surface area contributed by atoms with E-state index in [1.54, 1.807) is 6.92 Å². The van der Waals surface area contributed by atoms with Crippen molar-refractivity contribution in [2.24, 2.45) is 0 Å². The maximum Gasteiger partial charge on any atom is 0.410 e. The molecule has 8 nitrogen and oxygen atoms in total. The summed E-state index contributed by atoms with van der Waals surface area (Å²) in [6, 6.07) is 8.59. The van der Waals surface area contributed by atoms with Gasteiger partial charge >= 0.3 is 12.1 Å². The van der Waals surface area contributed by atoms with Crippen LogP contribution < -0.4 is 0 Å². The number of esters is 1. The van der Waals surface area contributed by atoms with E-state index in [-0.39, 0.29) is 32.0 Å². The summed E-state index contributed by atoms with van der Waals surface area (Å²) in [7, 11) is 1.24. The highest BCUT2D eigenvalue weighted by molar-refractivity contribution is 5.86. The fraction of sp³-hybridized carbons (Fsp3) is 0.500. The normalized spacial score (nSPS) is 18.4. The molecule has 1 aromatic rings. The second-order valence-corrected chi connectivity index (χ2v) is 6.13. The predicted molar refractivity (Wildman–Crippen MR) is 92.0 cm³/mol. The number of carbonyl (C=O) groups excluding carboxylic acids is 3. The number of amides is 2. The molecule has 0 radical (unpaired) electrons. The van der Waals surface area contributed by atoms with Crippen LogP contribution in [0.5, 0.6) is 0 Å². The van der Waals surface area contributed by atoms with Gasteiger partial charge in [0, 0.05) is 19.6 Å². The first-order valence-electron chi connectivity index (χ1n) is 8.43. The van der Waals surface area contributed by atoms with E-state index in [0.29, 0.717) is 6.54 Å². The van der Waals surface area contributed by atoms with Crippen LogP contribution in [0.15, 0.2) is 30.3 Å². The number of aliphatic hydroxyl groups is 1. The first-order valence-corrected chi connectivity index (χ1v) is 8.43. The van der Waals surface area contributed by atoms with Crippen molar-refractivity contribution in [1.82, 2.24) is 9.80 Å². The lowest BCUT2D eigenvalue weighted by atomic mass is 10.1. The number of benzene rings is 1. The van der Waals surface area contributed by atoms with E-state index in [0.717, 1.165) is 5.56 Å². The lowest BCUT2D eigenvalue weighted by Gasteiger charge is -2.39. The van der Waals surface area contributed by atoms with Crippen molar-refractivity contribution >= 4 is 18.0 Å². The maximum atomic E-state index is 12.5. The Labute approximate surface area is 152 Å². The van der Waals surface area contributed by atoms with E-state index in [2.05, 4.69) is 4.74 Å². The summed E-state index contributed by atoms with van der Waals surface area (Å²) in [6.07, 6.45) is -1.74. The van der Waals surface area contributed by atoms with E-state index in [4.69, 9.17) is 4.74 Å². The highest BCUT2D eigenvalue weighted by atomic mass is 16.6. The molecule has 2 amide bonds. The molecule has 1 unspecified atom stereocenters. The predicted octanol–water partition coefficient (Wildman–Crippen LogP) is 0.780. The highest BCUT2D eigenvalue weighted by Gasteiger charge is 2.36. The quantitative estimate of drug-likeness (QED) is 0.750. The average molecular weight is 364 g/mol. The third-order valence-corrected chi connectivity index (χ3v) is 4.25. The molecule has 1 aromatic carbocycles. The van der Waals surface area contributed by atoms with Gasteiger partial charge in [0.2, 0.25) is 5.91 Å². The van der Waals surface area contributed by atoms with E-state index in [1.807, 2.05) is 30.3 Å². The summed E-state index contributed by atoms with van der Waals surface area (Å²) in [5, 5.41) is 9.89. The molecular weight excluding hydrogens is 340 g/mol. The fourth-order valence-electron chi connectivity index (χ4n) is 2.76. The first-order chi connectivity index (χ1) is 12.4. The minimum atomic E-state index is -1.00. The number of rotatable bonds is 6. The van der Waals surface area contributed by atoms with E-state index < -0.39 is 24.2 Å². The standard InChI is InChI=1S/C18H24N2O6/c1-13-17(23)19(11-15(21)10-16(22)25-2)8-9-20(13)18(24)26-12-14-6-4-3-5-7-14/h3-7,13,15,21H,8-12H2,1-2H3/t13-,15?/m0/s1. The van der Waals surface area contributed by atoms with Gasteiger partial charge in [0.05, 0.1) is 19.6 Å². The van der Waals surface area contributed by atoms with Crippen LogP contribution in [0, 0.1) is 0 Å². The fourth-order valence-corrected chi connectivity index (χ4v) is 2.76. The molecule has 26 heavy (non-hydrogen) atoms. The summed E-state index contributed by atoms with van der Waals surface area (Å²) in [6.45, 7) is 2.34.